The fourth-order valence-electron chi connectivity index (χ4n) is 3.61. The Kier molecular flexibility index (Phi) is 4.09. The number of anilines is 1. The number of hydrogen-bond acceptors (Lipinski definition) is 6. The van der Waals surface area contributed by atoms with Crippen LogP contribution in [0.4, 0.5) is 5.69 Å². The SMILES string of the molecule is O=C(NC1CCOc2ccccc21)c1ccc2c(c1)SC1=NS(=O)(=O)CCN12. The summed E-state index contributed by atoms with van der Waals surface area (Å²) in [7, 11) is -3.39. The molecule has 0 spiro atoms. The van der Waals surface area contributed by atoms with E-state index in [1.165, 1.54) is 11.8 Å². The van der Waals surface area contributed by atoms with Crippen LogP contribution < -0.4 is 15.0 Å². The molecule has 0 bridgehead atoms. The lowest BCUT2D eigenvalue weighted by Crippen LogP contribution is -2.35. The number of ether oxygens (including phenoxy) is 1. The Hall–Kier alpha value is -2.52. The maximum atomic E-state index is 12.8. The molecule has 1 unspecified atom stereocenters. The van der Waals surface area contributed by atoms with Crippen LogP contribution in [0.15, 0.2) is 51.8 Å². The first-order chi connectivity index (χ1) is 13.5. The second-order valence-electron chi connectivity index (χ2n) is 6.80. The summed E-state index contributed by atoms with van der Waals surface area (Å²) in [4.78, 5) is 15.6. The van der Waals surface area contributed by atoms with Crippen LogP contribution in [-0.2, 0) is 10.0 Å². The molecular formula is C19H17N3O4S2. The molecule has 0 saturated carbocycles. The summed E-state index contributed by atoms with van der Waals surface area (Å²) in [5.41, 5.74) is 2.42. The minimum atomic E-state index is -3.39. The number of para-hydroxylation sites is 1. The summed E-state index contributed by atoms with van der Waals surface area (Å²) < 4.78 is 33.0. The summed E-state index contributed by atoms with van der Waals surface area (Å²) in [6.45, 7) is 0.941. The van der Waals surface area contributed by atoms with E-state index in [-0.39, 0.29) is 17.7 Å². The van der Waals surface area contributed by atoms with Crippen molar-refractivity contribution in [3.8, 4) is 5.75 Å². The second kappa shape index (κ2) is 6.52. The Bertz CT molecular complexity index is 1110. The molecule has 7 nitrogen and oxygen atoms in total. The lowest BCUT2D eigenvalue weighted by atomic mass is 10.00. The number of benzene rings is 2. The average molecular weight is 415 g/mol. The van der Waals surface area contributed by atoms with Gasteiger partial charge in [-0.15, -0.1) is 4.40 Å². The number of amides is 1. The van der Waals surface area contributed by atoms with Gasteiger partial charge in [0.1, 0.15) is 5.75 Å². The summed E-state index contributed by atoms with van der Waals surface area (Å²) in [6, 6.07) is 13.1. The molecule has 0 fully saturated rings. The predicted octanol–water partition coefficient (Wildman–Crippen LogP) is 2.55. The molecule has 0 radical (unpaired) electrons. The molecule has 3 heterocycles. The Balaban J connectivity index is 1.39. The van der Waals surface area contributed by atoms with E-state index in [1.54, 1.807) is 12.1 Å². The quantitative estimate of drug-likeness (QED) is 0.811. The highest BCUT2D eigenvalue weighted by molar-refractivity contribution is 8.15. The van der Waals surface area contributed by atoms with Gasteiger partial charge in [0.2, 0.25) is 0 Å². The molecule has 0 aromatic heterocycles. The normalized spacial score (nSPS) is 21.6. The van der Waals surface area contributed by atoms with E-state index in [4.69, 9.17) is 4.74 Å². The summed E-state index contributed by atoms with van der Waals surface area (Å²) in [5, 5.41) is 3.55. The number of rotatable bonds is 2. The third kappa shape index (κ3) is 3.04. The van der Waals surface area contributed by atoms with E-state index in [0.29, 0.717) is 30.3 Å². The third-order valence-corrected chi connectivity index (χ3v) is 7.31. The molecule has 144 valence electrons. The maximum Gasteiger partial charge on any atom is 0.257 e. The standard InChI is InChI=1S/C19H17N3O4S2/c23-18(20-14-7-9-26-16-4-2-1-3-13(14)16)12-5-6-15-17(11-12)27-19-21-28(24,25)10-8-22(15)19/h1-6,11,14H,7-10H2,(H,20,23). The topological polar surface area (TPSA) is 88.1 Å². The van der Waals surface area contributed by atoms with Crippen molar-refractivity contribution < 1.29 is 17.9 Å². The van der Waals surface area contributed by atoms with Crippen molar-refractivity contribution >= 4 is 38.5 Å². The van der Waals surface area contributed by atoms with Crippen molar-refractivity contribution in [1.82, 2.24) is 5.32 Å². The highest BCUT2D eigenvalue weighted by Crippen LogP contribution is 2.42. The molecular weight excluding hydrogens is 398 g/mol. The molecule has 9 heteroatoms. The predicted molar refractivity (Wildman–Crippen MR) is 108 cm³/mol. The molecule has 0 aliphatic carbocycles. The van der Waals surface area contributed by atoms with Crippen molar-refractivity contribution in [2.24, 2.45) is 4.40 Å². The monoisotopic (exact) mass is 415 g/mol. The highest BCUT2D eigenvalue weighted by atomic mass is 32.2. The number of carbonyl (C=O) groups excluding carboxylic acids is 1. The zero-order chi connectivity index (χ0) is 19.3. The minimum absolute atomic E-state index is 0.00188. The highest BCUT2D eigenvalue weighted by Gasteiger charge is 2.33. The van der Waals surface area contributed by atoms with Gasteiger partial charge in [0.25, 0.3) is 15.9 Å². The van der Waals surface area contributed by atoms with Crippen LogP contribution in [0.3, 0.4) is 0 Å². The van der Waals surface area contributed by atoms with Crippen LogP contribution in [0, 0.1) is 0 Å². The van der Waals surface area contributed by atoms with Gasteiger partial charge in [-0.25, -0.2) is 8.42 Å². The van der Waals surface area contributed by atoms with Crippen molar-refractivity contribution in [3.63, 3.8) is 0 Å². The first kappa shape index (κ1) is 17.6. The molecule has 5 rings (SSSR count). The number of nitrogens with one attached hydrogen (secondary N) is 1. The van der Waals surface area contributed by atoms with Gasteiger partial charge in [-0.05, 0) is 36.0 Å². The maximum absolute atomic E-state index is 12.8. The van der Waals surface area contributed by atoms with Gasteiger partial charge in [0, 0.05) is 29.0 Å². The fraction of sp³-hybridized carbons (Fsp3) is 0.263. The van der Waals surface area contributed by atoms with Gasteiger partial charge >= 0.3 is 0 Å². The Morgan fingerprint density at radius 2 is 2.11 bits per heavy atom. The van der Waals surface area contributed by atoms with E-state index < -0.39 is 10.0 Å². The number of sulfonamides is 1. The van der Waals surface area contributed by atoms with Crippen molar-refractivity contribution in [2.75, 3.05) is 23.8 Å². The lowest BCUT2D eigenvalue weighted by molar-refractivity contribution is 0.0924. The fourth-order valence-corrected chi connectivity index (χ4v) is 5.90. The van der Waals surface area contributed by atoms with Crippen molar-refractivity contribution in [3.05, 3.63) is 53.6 Å². The van der Waals surface area contributed by atoms with Gasteiger partial charge in [-0.1, -0.05) is 18.2 Å². The minimum Gasteiger partial charge on any atom is -0.493 e. The Morgan fingerprint density at radius 1 is 1.25 bits per heavy atom. The largest absolute Gasteiger partial charge is 0.493 e. The first-order valence-electron chi connectivity index (χ1n) is 8.95. The Morgan fingerprint density at radius 3 is 3.00 bits per heavy atom. The van der Waals surface area contributed by atoms with Crippen molar-refractivity contribution in [2.45, 2.75) is 17.4 Å². The number of hydrogen-bond donors (Lipinski definition) is 1. The van der Waals surface area contributed by atoms with E-state index in [0.717, 1.165) is 21.9 Å². The zero-order valence-electron chi connectivity index (χ0n) is 14.8. The molecule has 1 N–H and O–H groups in total. The lowest BCUT2D eigenvalue weighted by Gasteiger charge is -2.26. The number of amidine groups is 1. The molecule has 1 atom stereocenters. The van der Waals surface area contributed by atoms with Gasteiger partial charge in [0.15, 0.2) is 5.17 Å². The van der Waals surface area contributed by atoms with Crippen LogP contribution in [0.5, 0.6) is 5.75 Å². The number of fused-ring (bicyclic) bond motifs is 4. The zero-order valence-corrected chi connectivity index (χ0v) is 16.4. The molecule has 0 saturated heterocycles. The molecule has 3 aliphatic heterocycles. The molecule has 2 aromatic rings. The first-order valence-corrected chi connectivity index (χ1v) is 11.4. The molecule has 28 heavy (non-hydrogen) atoms. The van der Waals surface area contributed by atoms with Crippen LogP contribution in [0.2, 0.25) is 0 Å². The number of thioether (sulfide) groups is 1. The van der Waals surface area contributed by atoms with E-state index >= 15 is 0 Å². The van der Waals surface area contributed by atoms with Gasteiger partial charge in [-0.3, -0.25) is 4.79 Å². The smallest absolute Gasteiger partial charge is 0.257 e. The van der Waals surface area contributed by atoms with Crippen LogP contribution in [-0.4, -0.2) is 38.4 Å². The number of nitrogens with zero attached hydrogens (tertiary/aromatic N) is 2. The number of carbonyl (C=O) groups is 1. The van der Waals surface area contributed by atoms with E-state index in [2.05, 4.69) is 9.71 Å². The Labute approximate surface area is 166 Å². The van der Waals surface area contributed by atoms with Crippen LogP contribution in [0.1, 0.15) is 28.4 Å². The van der Waals surface area contributed by atoms with Gasteiger partial charge < -0.3 is 15.0 Å². The van der Waals surface area contributed by atoms with Crippen LogP contribution in [0.25, 0.3) is 0 Å². The molecule has 2 aromatic carbocycles. The molecule has 1 amide bonds. The van der Waals surface area contributed by atoms with Crippen molar-refractivity contribution in [1.29, 1.82) is 0 Å². The third-order valence-electron chi connectivity index (χ3n) is 5.00. The average Bonchev–Trinajstić information content (AvgIpc) is 3.03. The molecule has 3 aliphatic rings. The van der Waals surface area contributed by atoms with Gasteiger partial charge in [-0.2, -0.15) is 0 Å². The van der Waals surface area contributed by atoms with E-state index in [9.17, 15) is 13.2 Å². The summed E-state index contributed by atoms with van der Waals surface area (Å²) in [6.07, 6.45) is 0.713. The van der Waals surface area contributed by atoms with Gasteiger partial charge in [0.05, 0.1) is 24.1 Å². The van der Waals surface area contributed by atoms with Crippen LogP contribution >= 0.6 is 11.8 Å². The second-order valence-corrected chi connectivity index (χ2v) is 9.56. The van der Waals surface area contributed by atoms with E-state index in [1.807, 2.05) is 35.2 Å². The summed E-state index contributed by atoms with van der Waals surface area (Å²) >= 11 is 1.29. The summed E-state index contributed by atoms with van der Waals surface area (Å²) in [5.74, 6) is 0.645.